The van der Waals surface area contributed by atoms with Crippen molar-refractivity contribution in [1.29, 1.82) is 0 Å². The highest BCUT2D eigenvalue weighted by atomic mass is 15.2. The number of rotatable bonds is 5. The quantitative estimate of drug-likeness (QED) is 0.702. The minimum atomic E-state index is -0.0446. The Labute approximate surface area is 152 Å². The van der Waals surface area contributed by atoms with E-state index in [4.69, 9.17) is 0 Å². The molecular weight excluding hydrogens is 308 g/mol. The van der Waals surface area contributed by atoms with Crippen LogP contribution in [0, 0.1) is 6.92 Å². The smallest absolute Gasteiger partial charge is 0.229 e. The van der Waals surface area contributed by atoms with E-state index in [9.17, 15) is 0 Å². The summed E-state index contributed by atoms with van der Waals surface area (Å²) in [5.74, 6) is 2.34. The maximum atomic E-state index is 4.68. The van der Waals surface area contributed by atoms with Crippen LogP contribution in [-0.4, -0.2) is 15.5 Å². The van der Waals surface area contributed by atoms with Crippen molar-refractivity contribution >= 4 is 17.5 Å². The minimum absolute atomic E-state index is 0.0446. The molecular formula is C21H32N4. The second-order valence-corrected chi connectivity index (χ2v) is 8.34. The molecule has 2 rings (SSSR count). The summed E-state index contributed by atoms with van der Waals surface area (Å²) in [6, 6.07) is 8.49. The molecule has 0 spiro atoms. The monoisotopic (exact) mass is 340 g/mol. The van der Waals surface area contributed by atoms with Gasteiger partial charge in [0.2, 0.25) is 5.95 Å². The van der Waals surface area contributed by atoms with Crippen LogP contribution in [-0.2, 0) is 0 Å². The Kier molecular flexibility index (Phi) is 5.71. The lowest BCUT2D eigenvalue weighted by Crippen LogP contribution is -2.27. The molecule has 0 saturated carbocycles. The molecule has 4 nitrogen and oxygen atoms in total. The molecule has 0 unspecified atom stereocenters. The topological polar surface area (TPSA) is 49.8 Å². The number of nitrogens with one attached hydrogen (secondary N) is 2. The molecule has 0 aliphatic heterocycles. The van der Waals surface area contributed by atoms with Gasteiger partial charge in [0.15, 0.2) is 0 Å². The van der Waals surface area contributed by atoms with Crippen molar-refractivity contribution in [3.63, 3.8) is 0 Å². The van der Waals surface area contributed by atoms with Crippen molar-refractivity contribution in [2.24, 2.45) is 0 Å². The molecule has 25 heavy (non-hydrogen) atoms. The average molecular weight is 341 g/mol. The molecule has 0 atom stereocenters. The summed E-state index contributed by atoms with van der Waals surface area (Å²) in [5.41, 5.74) is 4.62. The van der Waals surface area contributed by atoms with E-state index >= 15 is 0 Å². The number of para-hydroxylation sites is 1. The first-order chi connectivity index (χ1) is 11.6. The Bertz CT molecular complexity index is 701. The van der Waals surface area contributed by atoms with Crippen LogP contribution in [0.15, 0.2) is 24.3 Å². The Morgan fingerprint density at radius 1 is 0.920 bits per heavy atom. The van der Waals surface area contributed by atoms with Crippen molar-refractivity contribution in [3.05, 3.63) is 41.1 Å². The molecule has 2 aromatic rings. The van der Waals surface area contributed by atoms with Crippen molar-refractivity contribution in [2.75, 3.05) is 10.6 Å². The van der Waals surface area contributed by atoms with E-state index < -0.39 is 0 Å². The predicted molar refractivity (Wildman–Crippen MR) is 108 cm³/mol. The fourth-order valence-electron chi connectivity index (χ4n) is 2.88. The molecule has 0 radical (unpaired) electrons. The number of hydrogen-bond donors (Lipinski definition) is 2. The maximum Gasteiger partial charge on any atom is 0.229 e. The first-order valence-corrected chi connectivity index (χ1v) is 9.10. The predicted octanol–water partition coefficient (Wildman–Crippen LogP) is 5.99. The van der Waals surface area contributed by atoms with Gasteiger partial charge in [-0.05, 0) is 50.7 Å². The largest absolute Gasteiger partial charge is 0.365 e. The molecule has 0 fully saturated rings. The van der Waals surface area contributed by atoms with Crippen molar-refractivity contribution in [3.8, 4) is 0 Å². The van der Waals surface area contributed by atoms with E-state index in [0.717, 1.165) is 17.2 Å². The van der Waals surface area contributed by atoms with Crippen LogP contribution in [0.2, 0.25) is 0 Å². The number of aryl methyl sites for hydroxylation is 1. The molecule has 1 heterocycles. The van der Waals surface area contributed by atoms with Gasteiger partial charge in [-0.1, -0.05) is 45.9 Å². The van der Waals surface area contributed by atoms with Gasteiger partial charge in [0, 0.05) is 23.0 Å². The van der Waals surface area contributed by atoms with E-state index in [1.807, 2.05) is 13.0 Å². The molecule has 2 N–H and O–H groups in total. The van der Waals surface area contributed by atoms with Crippen LogP contribution in [0.25, 0.3) is 0 Å². The van der Waals surface area contributed by atoms with Crippen LogP contribution < -0.4 is 10.6 Å². The fourth-order valence-corrected chi connectivity index (χ4v) is 2.88. The summed E-state index contributed by atoms with van der Waals surface area (Å²) in [4.78, 5) is 9.28. The number of benzene rings is 1. The fraction of sp³-hybridized carbons (Fsp3) is 0.524. The lowest BCUT2D eigenvalue weighted by molar-refractivity contribution is 0.630. The van der Waals surface area contributed by atoms with Crippen LogP contribution in [0.5, 0.6) is 0 Å². The molecule has 136 valence electrons. The maximum absolute atomic E-state index is 4.68. The highest BCUT2D eigenvalue weighted by molar-refractivity contribution is 5.66. The van der Waals surface area contributed by atoms with Crippen LogP contribution in [0.4, 0.5) is 17.5 Å². The SMILES string of the molecule is Cc1cc(NC(C)(C)C)nc(Nc2c(C(C)C)cccc2C(C)C)n1. The Hall–Kier alpha value is -2.10. The van der Waals surface area contributed by atoms with Crippen molar-refractivity contribution in [2.45, 2.75) is 72.8 Å². The summed E-state index contributed by atoms with van der Waals surface area (Å²) in [7, 11) is 0. The van der Waals surface area contributed by atoms with Gasteiger partial charge in [-0.15, -0.1) is 0 Å². The summed E-state index contributed by atoms with van der Waals surface area (Å²) in [5, 5.41) is 6.94. The van der Waals surface area contributed by atoms with Gasteiger partial charge < -0.3 is 10.6 Å². The zero-order valence-corrected chi connectivity index (χ0v) is 16.9. The first-order valence-electron chi connectivity index (χ1n) is 9.10. The molecule has 1 aromatic carbocycles. The Morgan fingerprint density at radius 2 is 1.48 bits per heavy atom. The second-order valence-electron chi connectivity index (χ2n) is 8.34. The second kappa shape index (κ2) is 7.42. The Balaban J connectivity index is 2.46. The van der Waals surface area contributed by atoms with E-state index in [-0.39, 0.29) is 5.54 Å². The van der Waals surface area contributed by atoms with Gasteiger partial charge >= 0.3 is 0 Å². The third-order valence-corrected chi connectivity index (χ3v) is 3.97. The van der Waals surface area contributed by atoms with E-state index in [1.54, 1.807) is 0 Å². The van der Waals surface area contributed by atoms with Crippen molar-refractivity contribution in [1.82, 2.24) is 9.97 Å². The standard InChI is InChI=1S/C21H32N4/c1-13(2)16-10-9-11-17(14(3)4)19(16)24-20-22-15(5)12-18(23-20)25-21(6,7)8/h9-14H,1-8H3,(H2,22,23,24,25). The molecule has 4 heteroatoms. The van der Waals surface area contributed by atoms with Gasteiger partial charge in [0.25, 0.3) is 0 Å². The van der Waals surface area contributed by atoms with E-state index in [0.29, 0.717) is 17.8 Å². The molecule has 1 aromatic heterocycles. The van der Waals surface area contributed by atoms with Crippen LogP contribution in [0.1, 0.15) is 77.1 Å². The minimum Gasteiger partial charge on any atom is -0.365 e. The average Bonchev–Trinajstić information content (AvgIpc) is 2.44. The van der Waals surface area contributed by atoms with Gasteiger partial charge in [-0.25, -0.2) is 4.98 Å². The van der Waals surface area contributed by atoms with E-state index in [2.05, 4.69) is 87.3 Å². The summed E-state index contributed by atoms with van der Waals surface area (Å²) in [6.45, 7) is 17.2. The summed E-state index contributed by atoms with van der Waals surface area (Å²) >= 11 is 0. The highest BCUT2D eigenvalue weighted by Crippen LogP contribution is 2.34. The van der Waals surface area contributed by atoms with Crippen LogP contribution >= 0.6 is 0 Å². The van der Waals surface area contributed by atoms with Crippen molar-refractivity contribution < 1.29 is 0 Å². The Morgan fingerprint density at radius 3 is 1.96 bits per heavy atom. The zero-order chi connectivity index (χ0) is 18.8. The molecule has 0 bridgehead atoms. The van der Waals surface area contributed by atoms with Crippen LogP contribution in [0.3, 0.4) is 0 Å². The normalized spacial score (nSPS) is 11.9. The molecule has 0 amide bonds. The number of anilines is 3. The van der Waals surface area contributed by atoms with Gasteiger partial charge in [-0.3, -0.25) is 0 Å². The number of nitrogens with zero attached hydrogens (tertiary/aromatic N) is 2. The van der Waals surface area contributed by atoms with Gasteiger partial charge in [-0.2, -0.15) is 4.98 Å². The van der Waals surface area contributed by atoms with Gasteiger partial charge in [0.05, 0.1) is 0 Å². The molecule has 0 aliphatic rings. The number of hydrogen-bond acceptors (Lipinski definition) is 4. The summed E-state index contributed by atoms with van der Waals surface area (Å²) in [6.07, 6.45) is 0. The highest BCUT2D eigenvalue weighted by Gasteiger charge is 2.16. The number of aromatic nitrogens is 2. The summed E-state index contributed by atoms with van der Waals surface area (Å²) < 4.78 is 0. The third kappa shape index (κ3) is 5.18. The molecule has 0 saturated heterocycles. The third-order valence-electron chi connectivity index (χ3n) is 3.97. The lowest BCUT2D eigenvalue weighted by atomic mass is 9.93. The van der Waals surface area contributed by atoms with Gasteiger partial charge in [0.1, 0.15) is 5.82 Å². The lowest BCUT2D eigenvalue weighted by Gasteiger charge is -2.23. The zero-order valence-electron chi connectivity index (χ0n) is 16.9. The molecule has 0 aliphatic carbocycles. The van der Waals surface area contributed by atoms with E-state index in [1.165, 1.54) is 11.1 Å². The first kappa shape index (κ1) is 19.2.